The second-order valence-electron chi connectivity index (χ2n) is 7.82. The van der Waals surface area contributed by atoms with E-state index >= 15 is 0 Å². The van der Waals surface area contributed by atoms with Crippen LogP contribution in [-0.4, -0.2) is 35.8 Å². The number of hydrogen-bond donors (Lipinski definition) is 3. The topological polar surface area (TPSA) is 71.2 Å². The minimum absolute atomic E-state index is 0.192. The average Bonchev–Trinajstić information content (AvgIpc) is 3.17. The van der Waals surface area contributed by atoms with E-state index in [0.717, 1.165) is 75.9 Å². The molecule has 4 heterocycles. The SMILES string of the molecule is C=C1NCCC(NCc2ccncc2OCC2CCO2)=C1c1cc2c(Cl)cccc2[nH]1. The van der Waals surface area contributed by atoms with Crippen molar-refractivity contribution < 1.29 is 9.47 Å². The maximum atomic E-state index is 6.39. The summed E-state index contributed by atoms with van der Waals surface area (Å²) in [6.45, 7) is 7.10. The Bertz CT molecular complexity index is 1150. The largest absolute Gasteiger partial charge is 0.489 e. The summed E-state index contributed by atoms with van der Waals surface area (Å²) < 4.78 is 11.4. The number of H-pyrrole nitrogens is 1. The molecule has 6 nitrogen and oxygen atoms in total. The first kappa shape index (κ1) is 20.0. The van der Waals surface area contributed by atoms with Crippen LogP contribution in [0.1, 0.15) is 24.1 Å². The minimum atomic E-state index is 0.192. The van der Waals surface area contributed by atoms with Crippen LogP contribution in [0, 0.1) is 0 Å². The fraction of sp³-hybridized carbons (Fsp3) is 0.292. The molecule has 0 amide bonds. The third kappa shape index (κ3) is 4.13. The minimum Gasteiger partial charge on any atom is -0.489 e. The summed E-state index contributed by atoms with van der Waals surface area (Å²) in [6.07, 6.45) is 5.67. The Morgan fingerprint density at radius 2 is 2.23 bits per heavy atom. The number of aromatic amines is 1. The highest BCUT2D eigenvalue weighted by Gasteiger charge is 2.21. The van der Waals surface area contributed by atoms with Gasteiger partial charge in [-0.1, -0.05) is 24.2 Å². The van der Waals surface area contributed by atoms with E-state index in [1.807, 2.05) is 24.3 Å². The van der Waals surface area contributed by atoms with Gasteiger partial charge in [0.25, 0.3) is 0 Å². The van der Waals surface area contributed by atoms with E-state index in [-0.39, 0.29) is 6.10 Å². The normalized spacial score (nSPS) is 18.6. The van der Waals surface area contributed by atoms with E-state index in [0.29, 0.717) is 13.2 Å². The zero-order valence-corrected chi connectivity index (χ0v) is 18.0. The van der Waals surface area contributed by atoms with E-state index in [4.69, 9.17) is 21.1 Å². The van der Waals surface area contributed by atoms with Gasteiger partial charge in [-0.25, -0.2) is 0 Å². The number of nitrogens with one attached hydrogen (secondary N) is 3. The summed E-state index contributed by atoms with van der Waals surface area (Å²) in [6, 6.07) is 9.97. The highest BCUT2D eigenvalue weighted by atomic mass is 35.5. The molecule has 3 N–H and O–H groups in total. The van der Waals surface area contributed by atoms with Gasteiger partial charge in [-0.2, -0.15) is 0 Å². The van der Waals surface area contributed by atoms with Gasteiger partial charge >= 0.3 is 0 Å². The molecule has 1 saturated heterocycles. The fourth-order valence-electron chi connectivity index (χ4n) is 3.97. The van der Waals surface area contributed by atoms with Crippen molar-refractivity contribution in [3.8, 4) is 5.75 Å². The van der Waals surface area contributed by atoms with Gasteiger partial charge in [0, 0.05) is 77.2 Å². The van der Waals surface area contributed by atoms with Crippen LogP contribution in [-0.2, 0) is 11.3 Å². The van der Waals surface area contributed by atoms with Gasteiger partial charge in [0.05, 0.1) is 18.0 Å². The molecule has 2 aliphatic heterocycles. The molecule has 1 unspecified atom stereocenters. The Morgan fingerprint density at radius 3 is 3.03 bits per heavy atom. The number of benzene rings is 1. The number of allylic oxidation sites excluding steroid dienone is 1. The Kier molecular flexibility index (Phi) is 5.57. The molecule has 0 bridgehead atoms. The first-order valence-corrected chi connectivity index (χ1v) is 10.9. The molecular formula is C24H25ClN4O2. The molecule has 2 aliphatic rings. The quantitative estimate of drug-likeness (QED) is 0.512. The lowest BCUT2D eigenvalue weighted by atomic mass is 10.0. The standard InChI is InChI=1S/C24H25ClN4O2/c1-15-24(22-11-18-19(25)3-2-4-20(18)29-22)21(6-9-27-15)28-12-16-5-8-26-13-23(16)31-14-17-7-10-30-17/h2-5,8,11,13,17,27-29H,1,6-7,9-10,12,14H2. The van der Waals surface area contributed by atoms with E-state index in [1.165, 1.54) is 0 Å². The number of rotatable bonds is 7. The number of nitrogens with zero attached hydrogens (tertiary/aromatic N) is 1. The maximum absolute atomic E-state index is 6.39. The predicted molar refractivity (Wildman–Crippen MR) is 123 cm³/mol. The van der Waals surface area contributed by atoms with Crippen molar-refractivity contribution in [2.75, 3.05) is 19.8 Å². The van der Waals surface area contributed by atoms with Crippen molar-refractivity contribution in [3.63, 3.8) is 0 Å². The molecule has 0 saturated carbocycles. The van der Waals surface area contributed by atoms with Crippen LogP contribution in [0.25, 0.3) is 16.5 Å². The fourth-order valence-corrected chi connectivity index (χ4v) is 4.20. The number of pyridine rings is 1. The lowest BCUT2D eigenvalue weighted by Gasteiger charge is -2.27. The summed E-state index contributed by atoms with van der Waals surface area (Å²) in [5, 5.41) is 8.74. The van der Waals surface area contributed by atoms with Crippen LogP contribution < -0.4 is 15.4 Å². The van der Waals surface area contributed by atoms with Gasteiger partial charge in [-0.3, -0.25) is 4.98 Å². The van der Waals surface area contributed by atoms with Crippen LogP contribution in [0.15, 0.2) is 60.7 Å². The van der Waals surface area contributed by atoms with Crippen LogP contribution in [0.2, 0.25) is 5.02 Å². The van der Waals surface area contributed by atoms with E-state index in [1.54, 1.807) is 12.4 Å². The number of fused-ring (bicyclic) bond motifs is 1. The van der Waals surface area contributed by atoms with Crippen molar-refractivity contribution in [1.29, 1.82) is 0 Å². The predicted octanol–water partition coefficient (Wildman–Crippen LogP) is 4.39. The van der Waals surface area contributed by atoms with Gasteiger partial charge in [0.15, 0.2) is 0 Å². The van der Waals surface area contributed by atoms with Gasteiger partial charge in [0.1, 0.15) is 12.4 Å². The van der Waals surface area contributed by atoms with Crippen LogP contribution >= 0.6 is 11.6 Å². The number of halogens is 1. The number of aromatic nitrogens is 2. The number of ether oxygens (including phenoxy) is 2. The molecule has 1 aromatic carbocycles. The third-order valence-corrected chi connectivity index (χ3v) is 6.11. The second kappa shape index (κ2) is 8.65. The molecule has 31 heavy (non-hydrogen) atoms. The van der Waals surface area contributed by atoms with Crippen molar-refractivity contribution in [1.82, 2.24) is 20.6 Å². The van der Waals surface area contributed by atoms with Crippen molar-refractivity contribution in [2.45, 2.75) is 25.5 Å². The molecule has 3 aromatic rings. The Morgan fingerprint density at radius 1 is 1.32 bits per heavy atom. The molecular weight excluding hydrogens is 412 g/mol. The lowest BCUT2D eigenvalue weighted by Crippen LogP contribution is -2.32. The molecule has 1 fully saturated rings. The van der Waals surface area contributed by atoms with Crippen LogP contribution in [0.5, 0.6) is 5.75 Å². The summed E-state index contributed by atoms with van der Waals surface area (Å²) in [4.78, 5) is 7.71. The molecule has 5 rings (SSSR count). The highest BCUT2D eigenvalue weighted by molar-refractivity contribution is 6.35. The Labute approximate surface area is 186 Å². The summed E-state index contributed by atoms with van der Waals surface area (Å²) in [5.74, 6) is 0.790. The molecule has 7 heteroatoms. The zero-order chi connectivity index (χ0) is 21.2. The molecule has 0 spiro atoms. The van der Waals surface area contributed by atoms with Crippen LogP contribution in [0.4, 0.5) is 0 Å². The smallest absolute Gasteiger partial charge is 0.142 e. The van der Waals surface area contributed by atoms with Gasteiger partial charge in [-0.15, -0.1) is 0 Å². The molecule has 0 radical (unpaired) electrons. The molecule has 1 atom stereocenters. The van der Waals surface area contributed by atoms with E-state index in [2.05, 4.69) is 33.2 Å². The van der Waals surface area contributed by atoms with Gasteiger partial charge in [-0.05, 0) is 24.3 Å². The number of hydrogen-bond acceptors (Lipinski definition) is 5. The zero-order valence-electron chi connectivity index (χ0n) is 17.2. The Balaban J connectivity index is 1.40. The van der Waals surface area contributed by atoms with Crippen molar-refractivity contribution in [3.05, 3.63) is 77.0 Å². The van der Waals surface area contributed by atoms with E-state index < -0.39 is 0 Å². The molecule has 0 aliphatic carbocycles. The summed E-state index contributed by atoms with van der Waals surface area (Å²) in [7, 11) is 0. The van der Waals surface area contributed by atoms with E-state index in [9.17, 15) is 0 Å². The van der Waals surface area contributed by atoms with Crippen molar-refractivity contribution >= 4 is 28.1 Å². The molecule has 2 aromatic heterocycles. The molecule has 160 valence electrons. The van der Waals surface area contributed by atoms with Gasteiger partial charge in [0.2, 0.25) is 0 Å². The maximum Gasteiger partial charge on any atom is 0.142 e. The highest BCUT2D eigenvalue weighted by Crippen LogP contribution is 2.32. The van der Waals surface area contributed by atoms with Crippen LogP contribution in [0.3, 0.4) is 0 Å². The average molecular weight is 437 g/mol. The summed E-state index contributed by atoms with van der Waals surface area (Å²) >= 11 is 6.39. The second-order valence-corrected chi connectivity index (χ2v) is 8.23. The Hall–Kier alpha value is -2.96. The first-order chi connectivity index (χ1) is 15.2. The first-order valence-electron chi connectivity index (χ1n) is 10.5. The summed E-state index contributed by atoms with van der Waals surface area (Å²) in [5.41, 5.74) is 6.15. The third-order valence-electron chi connectivity index (χ3n) is 5.78. The van der Waals surface area contributed by atoms with Crippen molar-refractivity contribution in [2.24, 2.45) is 0 Å². The lowest BCUT2D eigenvalue weighted by molar-refractivity contribution is -0.0722. The van der Waals surface area contributed by atoms with Gasteiger partial charge < -0.3 is 25.1 Å². The monoisotopic (exact) mass is 436 g/mol.